The zero-order valence-corrected chi connectivity index (χ0v) is 7.69. The van der Waals surface area contributed by atoms with E-state index < -0.39 is 28.9 Å². The van der Waals surface area contributed by atoms with Crippen molar-refractivity contribution in [2.75, 3.05) is 5.88 Å². The van der Waals surface area contributed by atoms with Gasteiger partial charge in [-0.1, -0.05) is 0 Å². The molecule has 0 fully saturated rings. The number of alkyl halides is 1. The molecule has 0 heterocycles. The van der Waals surface area contributed by atoms with E-state index in [-0.39, 0.29) is 5.88 Å². The second kappa shape index (κ2) is 4.46. The molecule has 0 aliphatic carbocycles. The van der Waals surface area contributed by atoms with Gasteiger partial charge in [-0.25, -0.2) is 13.2 Å². The van der Waals surface area contributed by atoms with Crippen LogP contribution >= 0.6 is 11.6 Å². The van der Waals surface area contributed by atoms with Crippen molar-refractivity contribution in [2.45, 2.75) is 5.92 Å². The summed E-state index contributed by atoms with van der Waals surface area (Å²) in [4.78, 5) is 10.4. The van der Waals surface area contributed by atoms with Crippen LogP contribution in [0.1, 0.15) is 11.5 Å². The minimum atomic E-state index is -1.10. The van der Waals surface area contributed by atoms with Gasteiger partial charge in [0, 0.05) is 23.6 Å². The van der Waals surface area contributed by atoms with Crippen molar-refractivity contribution in [3.05, 3.63) is 35.1 Å². The molecule has 0 aromatic heterocycles. The molecule has 0 saturated carbocycles. The van der Waals surface area contributed by atoms with Gasteiger partial charge in [-0.2, -0.15) is 0 Å². The molecule has 0 radical (unpaired) electrons. The molecule has 0 aliphatic rings. The molecule has 0 bridgehead atoms. The molecule has 1 unspecified atom stereocenters. The summed E-state index contributed by atoms with van der Waals surface area (Å²) < 4.78 is 38.6. The number of carbonyl (C=O) groups excluding carboxylic acids is 1. The standard InChI is InChI=1S/C9H6ClF3O/c10-3-5(4-14)9-7(12)1-6(11)2-8(9)13/h1-2,4-5H,3H2. The number of benzene rings is 1. The Morgan fingerprint density at radius 3 is 2.14 bits per heavy atom. The summed E-state index contributed by atoms with van der Waals surface area (Å²) in [5.74, 6) is -4.55. The fraction of sp³-hybridized carbons (Fsp3) is 0.222. The number of carbonyl (C=O) groups is 1. The molecule has 5 heteroatoms. The van der Waals surface area contributed by atoms with Gasteiger partial charge >= 0.3 is 0 Å². The molecule has 0 saturated heterocycles. The van der Waals surface area contributed by atoms with E-state index in [1.54, 1.807) is 0 Å². The van der Waals surface area contributed by atoms with Crippen molar-refractivity contribution in [3.63, 3.8) is 0 Å². The van der Waals surface area contributed by atoms with Gasteiger partial charge in [0.15, 0.2) is 0 Å². The predicted octanol–water partition coefficient (Wildman–Crippen LogP) is 2.63. The van der Waals surface area contributed by atoms with Crippen molar-refractivity contribution >= 4 is 17.9 Å². The third-order valence-corrected chi connectivity index (χ3v) is 2.08. The summed E-state index contributed by atoms with van der Waals surface area (Å²) in [7, 11) is 0. The Bertz CT molecular complexity index is 331. The fourth-order valence-corrected chi connectivity index (χ4v) is 1.32. The topological polar surface area (TPSA) is 17.1 Å². The Morgan fingerprint density at radius 2 is 1.79 bits per heavy atom. The Labute approximate surface area is 83.5 Å². The van der Waals surface area contributed by atoms with Crippen LogP contribution in [0.5, 0.6) is 0 Å². The van der Waals surface area contributed by atoms with Crippen LogP contribution in [0.4, 0.5) is 13.2 Å². The molecular weight excluding hydrogens is 217 g/mol. The van der Waals surface area contributed by atoms with Crippen LogP contribution in [-0.2, 0) is 4.79 Å². The SMILES string of the molecule is O=CC(CCl)c1c(F)cc(F)cc1F. The highest BCUT2D eigenvalue weighted by Gasteiger charge is 2.19. The first-order chi connectivity index (χ1) is 6.60. The molecule has 1 aromatic rings. The van der Waals surface area contributed by atoms with E-state index in [4.69, 9.17) is 11.6 Å². The monoisotopic (exact) mass is 222 g/mol. The van der Waals surface area contributed by atoms with Crippen LogP contribution in [0.3, 0.4) is 0 Å². The van der Waals surface area contributed by atoms with Crippen LogP contribution in [0, 0.1) is 17.5 Å². The summed E-state index contributed by atoms with van der Waals surface area (Å²) >= 11 is 5.33. The normalized spacial score (nSPS) is 12.6. The Kier molecular flexibility index (Phi) is 3.52. The first-order valence-electron chi connectivity index (χ1n) is 3.75. The lowest BCUT2D eigenvalue weighted by molar-refractivity contribution is -0.108. The zero-order valence-electron chi connectivity index (χ0n) is 6.94. The fourth-order valence-electron chi connectivity index (χ4n) is 1.09. The molecule has 14 heavy (non-hydrogen) atoms. The Hall–Kier alpha value is -1.03. The highest BCUT2D eigenvalue weighted by molar-refractivity contribution is 6.19. The smallest absolute Gasteiger partial charge is 0.133 e. The largest absolute Gasteiger partial charge is 0.303 e. The molecule has 76 valence electrons. The third kappa shape index (κ3) is 2.07. The van der Waals surface area contributed by atoms with Gasteiger partial charge in [-0.15, -0.1) is 11.6 Å². The maximum Gasteiger partial charge on any atom is 0.133 e. The number of aldehydes is 1. The van der Waals surface area contributed by atoms with Crippen LogP contribution in [0.15, 0.2) is 12.1 Å². The Balaban J connectivity index is 3.25. The van der Waals surface area contributed by atoms with Gasteiger partial charge < -0.3 is 4.79 Å². The number of rotatable bonds is 3. The molecule has 0 aliphatic heterocycles. The summed E-state index contributed by atoms with van der Waals surface area (Å²) in [5, 5.41) is 0. The van der Waals surface area contributed by atoms with Gasteiger partial charge in [0.2, 0.25) is 0 Å². The average Bonchev–Trinajstić information content (AvgIpc) is 2.10. The molecule has 1 aromatic carbocycles. The maximum absolute atomic E-state index is 13.0. The Morgan fingerprint density at radius 1 is 1.29 bits per heavy atom. The van der Waals surface area contributed by atoms with E-state index in [1.165, 1.54) is 0 Å². The second-order valence-corrected chi connectivity index (χ2v) is 2.99. The zero-order chi connectivity index (χ0) is 10.7. The molecule has 0 amide bonds. The van der Waals surface area contributed by atoms with E-state index in [1.807, 2.05) is 0 Å². The second-order valence-electron chi connectivity index (χ2n) is 2.68. The van der Waals surface area contributed by atoms with Crippen LogP contribution in [0.2, 0.25) is 0 Å². The van der Waals surface area contributed by atoms with Gasteiger partial charge in [0.25, 0.3) is 0 Å². The van der Waals surface area contributed by atoms with Crippen molar-refractivity contribution < 1.29 is 18.0 Å². The summed E-state index contributed by atoms with van der Waals surface area (Å²) in [6.45, 7) is 0. The molecule has 1 rings (SSSR count). The highest BCUT2D eigenvalue weighted by Crippen LogP contribution is 2.23. The van der Waals surface area contributed by atoms with Crippen molar-refractivity contribution in [1.29, 1.82) is 0 Å². The summed E-state index contributed by atoms with van der Waals surface area (Å²) in [5.41, 5.74) is -0.489. The van der Waals surface area contributed by atoms with E-state index >= 15 is 0 Å². The van der Waals surface area contributed by atoms with E-state index in [0.717, 1.165) is 0 Å². The molecular formula is C9H6ClF3O. The van der Waals surface area contributed by atoms with E-state index in [9.17, 15) is 18.0 Å². The van der Waals surface area contributed by atoms with Crippen LogP contribution < -0.4 is 0 Å². The van der Waals surface area contributed by atoms with E-state index in [0.29, 0.717) is 18.4 Å². The van der Waals surface area contributed by atoms with Gasteiger partial charge in [-0.05, 0) is 0 Å². The molecule has 1 nitrogen and oxygen atoms in total. The maximum atomic E-state index is 13.0. The predicted molar refractivity (Wildman–Crippen MR) is 45.8 cm³/mol. The van der Waals surface area contributed by atoms with Crippen LogP contribution in [0.25, 0.3) is 0 Å². The minimum absolute atomic E-state index is 0.247. The number of halogens is 4. The highest BCUT2D eigenvalue weighted by atomic mass is 35.5. The first kappa shape index (κ1) is 11.0. The first-order valence-corrected chi connectivity index (χ1v) is 4.29. The summed E-state index contributed by atoms with van der Waals surface area (Å²) in [6.07, 6.45) is 0.326. The van der Waals surface area contributed by atoms with Crippen molar-refractivity contribution in [3.8, 4) is 0 Å². The minimum Gasteiger partial charge on any atom is -0.303 e. The lowest BCUT2D eigenvalue weighted by Crippen LogP contribution is -2.08. The van der Waals surface area contributed by atoms with Gasteiger partial charge in [0.1, 0.15) is 23.7 Å². The van der Waals surface area contributed by atoms with Crippen molar-refractivity contribution in [2.24, 2.45) is 0 Å². The quantitative estimate of drug-likeness (QED) is 0.568. The number of hydrogen-bond acceptors (Lipinski definition) is 1. The molecule has 1 atom stereocenters. The average molecular weight is 223 g/mol. The number of hydrogen-bond donors (Lipinski definition) is 0. The van der Waals surface area contributed by atoms with Crippen LogP contribution in [-0.4, -0.2) is 12.2 Å². The summed E-state index contributed by atoms with van der Waals surface area (Å²) in [6, 6.07) is 1.03. The molecule has 0 spiro atoms. The van der Waals surface area contributed by atoms with Gasteiger partial charge in [0.05, 0.1) is 5.92 Å². The lowest BCUT2D eigenvalue weighted by Gasteiger charge is -2.09. The lowest BCUT2D eigenvalue weighted by atomic mass is 10.0. The van der Waals surface area contributed by atoms with E-state index in [2.05, 4.69) is 0 Å². The molecule has 0 N–H and O–H groups in total. The van der Waals surface area contributed by atoms with Gasteiger partial charge in [-0.3, -0.25) is 0 Å². The third-order valence-electron chi connectivity index (χ3n) is 1.75. The van der Waals surface area contributed by atoms with Crippen molar-refractivity contribution in [1.82, 2.24) is 0 Å².